The smallest absolute Gasteiger partial charge is 0.303 e. The maximum absolute atomic E-state index is 12.9. The highest BCUT2D eigenvalue weighted by Crippen LogP contribution is 2.39. The lowest BCUT2D eigenvalue weighted by molar-refractivity contribution is -0.138. The highest BCUT2D eigenvalue weighted by atomic mass is 16.4. The first kappa shape index (κ1) is 24.6. The van der Waals surface area contributed by atoms with Gasteiger partial charge in [0.25, 0.3) is 0 Å². The largest absolute Gasteiger partial charge is 0.481 e. The van der Waals surface area contributed by atoms with Gasteiger partial charge in [-0.15, -0.1) is 0 Å². The fourth-order valence-electron chi connectivity index (χ4n) is 4.36. The number of allylic oxidation sites excluding steroid dienone is 1. The summed E-state index contributed by atoms with van der Waals surface area (Å²) in [6.07, 6.45) is 3.47. The molecule has 0 radical (unpaired) electrons. The molecule has 6 nitrogen and oxygen atoms in total. The van der Waals surface area contributed by atoms with E-state index in [2.05, 4.69) is 32.2 Å². The molecule has 170 valence electrons. The summed E-state index contributed by atoms with van der Waals surface area (Å²) in [7, 11) is 1.85. The molecule has 0 aromatic heterocycles. The van der Waals surface area contributed by atoms with Gasteiger partial charge in [0, 0.05) is 33.0 Å². The minimum Gasteiger partial charge on any atom is -0.481 e. The van der Waals surface area contributed by atoms with Crippen LogP contribution >= 0.6 is 0 Å². The average Bonchev–Trinajstić information content (AvgIpc) is 2.72. The van der Waals surface area contributed by atoms with E-state index in [1.807, 2.05) is 37.4 Å². The van der Waals surface area contributed by atoms with Crippen molar-refractivity contribution in [2.45, 2.75) is 53.0 Å². The highest BCUT2D eigenvalue weighted by molar-refractivity contribution is 5.80. The summed E-state index contributed by atoms with van der Waals surface area (Å²) >= 11 is 0. The molecule has 2 N–H and O–H groups in total. The van der Waals surface area contributed by atoms with Gasteiger partial charge in [-0.25, -0.2) is 0 Å². The Labute approximate surface area is 185 Å². The van der Waals surface area contributed by atoms with Crippen LogP contribution in [0.5, 0.6) is 0 Å². The topological polar surface area (TPSA) is 86.7 Å². The van der Waals surface area contributed by atoms with Gasteiger partial charge in [-0.1, -0.05) is 55.8 Å². The van der Waals surface area contributed by atoms with E-state index in [-0.39, 0.29) is 36.5 Å². The molecule has 0 bridgehead atoms. The van der Waals surface area contributed by atoms with E-state index in [1.54, 1.807) is 4.90 Å². The normalized spacial score (nSPS) is 20.8. The van der Waals surface area contributed by atoms with E-state index in [1.165, 1.54) is 5.57 Å². The lowest BCUT2D eigenvalue weighted by Crippen LogP contribution is -2.38. The van der Waals surface area contributed by atoms with Crippen molar-refractivity contribution in [3.05, 3.63) is 47.5 Å². The molecular formula is C25H36N2O4. The Morgan fingerprint density at radius 1 is 1.16 bits per heavy atom. The summed E-state index contributed by atoms with van der Waals surface area (Å²) in [5.74, 6) is 0.138. The molecular weight excluding hydrogens is 392 g/mol. The average molecular weight is 429 g/mol. The fraction of sp³-hybridized carbons (Fsp3) is 0.560. The second-order valence-corrected chi connectivity index (χ2v) is 9.05. The standard InChI is InChI=1S/C25H36N2O4/c1-17(2)22-13-20(14-24(29)27(4)16-19-8-6-5-7-9-19)18(3)12-21(22)15-26-23(28)10-11-25(30)31/h5-9,12,17,20-22H,10-11,13-16H2,1-4H3,(H,26,28)(H,30,31). The van der Waals surface area contributed by atoms with E-state index in [4.69, 9.17) is 5.11 Å². The minimum atomic E-state index is -0.964. The summed E-state index contributed by atoms with van der Waals surface area (Å²) in [6.45, 7) is 7.55. The third-order valence-corrected chi connectivity index (χ3v) is 6.29. The third kappa shape index (κ3) is 7.85. The number of nitrogens with one attached hydrogen (secondary N) is 1. The number of carboxylic acid groups (broad SMARTS) is 1. The molecule has 1 aliphatic carbocycles. The Morgan fingerprint density at radius 2 is 1.84 bits per heavy atom. The van der Waals surface area contributed by atoms with Crippen LogP contribution in [-0.2, 0) is 20.9 Å². The second-order valence-electron chi connectivity index (χ2n) is 9.05. The summed E-state index contributed by atoms with van der Waals surface area (Å²) < 4.78 is 0. The molecule has 1 aromatic carbocycles. The van der Waals surface area contributed by atoms with Crippen molar-refractivity contribution >= 4 is 17.8 Å². The lowest BCUT2D eigenvalue weighted by Gasteiger charge is -2.37. The Balaban J connectivity index is 1.96. The molecule has 2 rings (SSSR count). The van der Waals surface area contributed by atoms with Crippen LogP contribution in [0.3, 0.4) is 0 Å². The molecule has 0 saturated heterocycles. The zero-order valence-electron chi connectivity index (χ0n) is 19.1. The molecule has 0 fully saturated rings. The molecule has 31 heavy (non-hydrogen) atoms. The number of carbonyl (C=O) groups is 3. The van der Waals surface area contributed by atoms with Crippen LogP contribution in [0.1, 0.15) is 52.0 Å². The molecule has 0 spiro atoms. The zero-order chi connectivity index (χ0) is 23.0. The van der Waals surface area contributed by atoms with E-state index in [0.29, 0.717) is 31.3 Å². The predicted molar refractivity (Wildman–Crippen MR) is 121 cm³/mol. The monoisotopic (exact) mass is 428 g/mol. The Morgan fingerprint density at radius 3 is 2.45 bits per heavy atom. The van der Waals surface area contributed by atoms with Crippen LogP contribution in [-0.4, -0.2) is 41.4 Å². The fourth-order valence-corrected chi connectivity index (χ4v) is 4.36. The second kappa shape index (κ2) is 11.7. The first-order valence-electron chi connectivity index (χ1n) is 11.1. The maximum atomic E-state index is 12.9. The number of carbonyl (C=O) groups excluding carboxylic acids is 2. The number of aliphatic carboxylic acids is 1. The van der Waals surface area contributed by atoms with Crippen molar-refractivity contribution in [2.24, 2.45) is 23.7 Å². The van der Waals surface area contributed by atoms with E-state index < -0.39 is 5.97 Å². The van der Waals surface area contributed by atoms with Crippen LogP contribution in [0.4, 0.5) is 0 Å². The van der Waals surface area contributed by atoms with Crippen LogP contribution in [0, 0.1) is 23.7 Å². The molecule has 1 aliphatic rings. The number of rotatable bonds is 10. The van der Waals surface area contributed by atoms with Crippen molar-refractivity contribution in [3.8, 4) is 0 Å². The van der Waals surface area contributed by atoms with Gasteiger partial charge in [-0.3, -0.25) is 14.4 Å². The van der Waals surface area contributed by atoms with Crippen molar-refractivity contribution in [2.75, 3.05) is 13.6 Å². The van der Waals surface area contributed by atoms with Gasteiger partial charge < -0.3 is 15.3 Å². The van der Waals surface area contributed by atoms with E-state index in [9.17, 15) is 14.4 Å². The summed E-state index contributed by atoms with van der Waals surface area (Å²) in [6, 6.07) is 9.99. The van der Waals surface area contributed by atoms with Crippen molar-refractivity contribution in [3.63, 3.8) is 0 Å². The number of benzene rings is 1. The van der Waals surface area contributed by atoms with Crippen LogP contribution in [0.15, 0.2) is 42.0 Å². The van der Waals surface area contributed by atoms with Gasteiger partial charge in [0.05, 0.1) is 6.42 Å². The Bertz CT molecular complexity index is 788. The zero-order valence-corrected chi connectivity index (χ0v) is 19.1. The molecule has 0 aliphatic heterocycles. The van der Waals surface area contributed by atoms with Crippen molar-refractivity contribution in [1.29, 1.82) is 0 Å². The molecule has 0 saturated carbocycles. The van der Waals surface area contributed by atoms with Crippen LogP contribution in [0.2, 0.25) is 0 Å². The number of nitrogens with zero attached hydrogens (tertiary/aromatic N) is 1. The number of hydrogen-bond acceptors (Lipinski definition) is 3. The number of hydrogen-bond donors (Lipinski definition) is 2. The maximum Gasteiger partial charge on any atom is 0.303 e. The molecule has 3 atom stereocenters. The number of carboxylic acids is 1. The van der Waals surface area contributed by atoms with E-state index >= 15 is 0 Å². The van der Waals surface area contributed by atoms with Gasteiger partial charge in [0.15, 0.2) is 0 Å². The predicted octanol–water partition coefficient (Wildman–Crippen LogP) is 3.87. The molecule has 0 heterocycles. The van der Waals surface area contributed by atoms with Crippen LogP contribution < -0.4 is 5.32 Å². The van der Waals surface area contributed by atoms with E-state index in [0.717, 1.165) is 12.0 Å². The van der Waals surface area contributed by atoms with Gasteiger partial charge in [0.1, 0.15) is 0 Å². The summed E-state index contributed by atoms with van der Waals surface area (Å²) in [5.41, 5.74) is 2.32. The first-order valence-corrected chi connectivity index (χ1v) is 11.1. The minimum absolute atomic E-state index is 0.00196. The van der Waals surface area contributed by atoms with Crippen molar-refractivity contribution in [1.82, 2.24) is 10.2 Å². The van der Waals surface area contributed by atoms with Gasteiger partial charge in [-0.2, -0.15) is 0 Å². The third-order valence-electron chi connectivity index (χ3n) is 6.29. The van der Waals surface area contributed by atoms with Crippen LogP contribution in [0.25, 0.3) is 0 Å². The van der Waals surface area contributed by atoms with Gasteiger partial charge in [0.2, 0.25) is 11.8 Å². The Kier molecular flexibility index (Phi) is 9.28. The molecule has 2 amide bonds. The quantitative estimate of drug-likeness (QED) is 0.554. The summed E-state index contributed by atoms with van der Waals surface area (Å²) in [5, 5.41) is 11.6. The van der Waals surface area contributed by atoms with Crippen molar-refractivity contribution < 1.29 is 19.5 Å². The highest BCUT2D eigenvalue weighted by Gasteiger charge is 2.33. The van der Waals surface area contributed by atoms with Gasteiger partial charge in [-0.05, 0) is 42.6 Å². The van der Waals surface area contributed by atoms with Gasteiger partial charge >= 0.3 is 5.97 Å². The Hall–Kier alpha value is -2.63. The number of amides is 2. The SMILES string of the molecule is CC1=CC(CNC(=O)CCC(=O)O)C(C(C)C)CC1CC(=O)N(C)Cc1ccccc1. The lowest BCUT2D eigenvalue weighted by atomic mass is 9.69. The first-order chi connectivity index (χ1) is 14.7. The molecule has 3 unspecified atom stereocenters. The molecule has 6 heteroatoms. The molecule has 1 aromatic rings. The summed E-state index contributed by atoms with van der Waals surface area (Å²) in [4.78, 5) is 37.2.